The van der Waals surface area contributed by atoms with Gasteiger partial charge in [-0.1, -0.05) is 0 Å². The topological polar surface area (TPSA) is 30.5 Å². The van der Waals surface area contributed by atoms with Gasteiger partial charge in [0.2, 0.25) is 0 Å². The molecule has 1 rings (SSSR count). The molecule has 0 aromatic rings. The molecule has 1 heterocycles. The second-order valence-corrected chi connectivity index (χ2v) is 2.00. The van der Waals surface area contributed by atoms with Crippen LogP contribution >= 0.6 is 0 Å². The van der Waals surface area contributed by atoms with E-state index in [0.717, 1.165) is 6.54 Å². The molecule has 52 valence electrons. The van der Waals surface area contributed by atoms with E-state index < -0.39 is 0 Å². The second kappa shape index (κ2) is 2.73. The molecule has 0 saturated carbocycles. The summed E-state index contributed by atoms with van der Waals surface area (Å²) in [6.07, 6.45) is 0.155. The first-order valence-electron chi connectivity index (χ1n) is 2.91. The van der Waals surface area contributed by atoms with Crippen LogP contribution in [-0.4, -0.2) is 26.4 Å². The molecular weight excluding hydrogens is 118 g/mol. The molecule has 1 saturated heterocycles. The van der Waals surface area contributed by atoms with E-state index in [1.165, 1.54) is 0 Å². The van der Waals surface area contributed by atoms with Gasteiger partial charge in [-0.05, 0) is 6.58 Å². The van der Waals surface area contributed by atoms with Crippen LogP contribution in [0.3, 0.4) is 0 Å². The van der Waals surface area contributed by atoms with Crippen molar-refractivity contribution in [3.63, 3.8) is 0 Å². The van der Waals surface area contributed by atoms with Crippen molar-refractivity contribution in [2.45, 2.75) is 6.10 Å². The SMILES string of the molecule is C=C1NCC(COC)O1. The maximum Gasteiger partial charge on any atom is 0.179 e. The summed E-state index contributed by atoms with van der Waals surface area (Å²) < 4.78 is 10.0. The summed E-state index contributed by atoms with van der Waals surface area (Å²) in [7, 11) is 1.66. The molecular formula is C6H11NO2. The predicted molar refractivity (Wildman–Crippen MR) is 33.9 cm³/mol. The van der Waals surface area contributed by atoms with Gasteiger partial charge in [-0.25, -0.2) is 0 Å². The predicted octanol–water partition coefficient (Wildman–Crippen LogP) is 0.0924. The Kier molecular flexibility index (Phi) is 1.95. The Hall–Kier alpha value is -0.700. The van der Waals surface area contributed by atoms with Gasteiger partial charge in [0.05, 0.1) is 13.2 Å². The number of nitrogens with one attached hydrogen (secondary N) is 1. The van der Waals surface area contributed by atoms with E-state index in [2.05, 4.69) is 11.9 Å². The first kappa shape index (κ1) is 6.42. The van der Waals surface area contributed by atoms with E-state index in [-0.39, 0.29) is 6.10 Å². The third kappa shape index (κ3) is 1.61. The number of methoxy groups -OCH3 is 1. The maximum atomic E-state index is 5.17. The molecule has 0 amide bonds. The van der Waals surface area contributed by atoms with E-state index in [1.807, 2.05) is 0 Å². The summed E-state index contributed by atoms with van der Waals surface area (Å²) in [5.41, 5.74) is 0. The van der Waals surface area contributed by atoms with Crippen LogP contribution in [0.25, 0.3) is 0 Å². The van der Waals surface area contributed by atoms with Crippen LogP contribution in [0.5, 0.6) is 0 Å². The highest BCUT2D eigenvalue weighted by atomic mass is 16.5. The lowest BCUT2D eigenvalue weighted by molar-refractivity contribution is 0.0696. The van der Waals surface area contributed by atoms with Crippen molar-refractivity contribution >= 4 is 0 Å². The number of rotatable bonds is 2. The van der Waals surface area contributed by atoms with E-state index in [9.17, 15) is 0 Å². The molecule has 1 aliphatic heterocycles. The molecule has 1 atom stereocenters. The van der Waals surface area contributed by atoms with Crippen LogP contribution in [0.15, 0.2) is 12.5 Å². The van der Waals surface area contributed by atoms with E-state index in [1.54, 1.807) is 7.11 Å². The zero-order chi connectivity index (χ0) is 6.69. The quantitative estimate of drug-likeness (QED) is 0.573. The van der Waals surface area contributed by atoms with Crippen molar-refractivity contribution in [2.75, 3.05) is 20.3 Å². The fraction of sp³-hybridized carbons (Fsp3) is 0.667. The lowest BCUT2D eigenvalue weighted by atomic mass is 10.4. The third-order valence-corrected chi connectivity index (χ3v) is 1.19. The lowest BCUT2D eigenvalue weighted by Gasteiger charge is -2.05. The Balaban J connectivity index is 2.22. The van der Waals surface area contributed by atoms with Gasteiger partial charge in [-0.2, -0.15) is 0 Å². The summed E-state index contributed by atoms with van der Waals surface area (Å²) in [4.78, 5) is 0. The Bertz CT molecular complexity index is 114. The summed E-state index contributed by atoms with van der Waals surface area (Å²) in [6, 6.07) is 0. The van der Waals surface area contributed by atoms with Crippen LogP contribution in [0.2, 0.25) is 0 Å². The second-order valence-electron chi connectivity index (χ2n) is 2.00. The molecule has 0 radical (unpaired) electrons. The Morgan fingerprint density at radius 2 is 2.78 bits per heavy atom. The minimum absolute atomic E-state index is 0.155. The minimum atomic E-state index is 0.155. The van der Waals surface area contributed by atoms with Gasteiger partial charge >= 0.3 is 0 Å². The monoisotopic (exact) mass is 129 g/mol. The highest BCUT2D eigenvalue weighted by Gasteiger charge is 2.16. The zero-order valence-corrected chi connectivity index (χ0v) is 5.52. The van der Waals surface area contributed by atoms with Gasteiger partial charge < -0.3 is 14.8 Å². The molecule has 1 unspecified atom stereocenters. The zero-order valence-electron chi connectivity index (χ0n) is 5.52. The lowest BCUT2D eigenvalue weighted by Crippen LogP contribution is -2.18. The van der Waals surface area contributed by atoms with Crippen LogP contribution in [0.1, 0.15) is 0 Å². The first-order valence-corrected chi connectivity index (χ1v) is 2.91. The molecule has 0 aromatic carbocycles. The molecule has 0 bridgehead atoms. The fourth-order valence-electron chi connectivity index (χ4n) is 0.791. The molecule has 0 aliphatic carbocycles. The van der Waals surface area contributed by atoms with E-state index in [4.69, 9.17) is 9.47 Å². The third-order valence-electron chi connectivity index (χ3n) is 1.19. The fourth-order valence-corrected chi connectivity index (χ4v) is 0.791. The molecule has 1 fully saturated rings. The molecule has 9 heavy (non-hydrogen) atoms. The van der Waals surface area contributed by atoms with E-state index >= 15 is 0 Å². The van der Waals surface area contributed by atoms with Crippen LogP contribution < -0.4 is 5.32 Å². The van der Waals surface area contributed by atoms with Gasteiger partial charge in [0, 0.05) is 7.11 Å². The number of hydrogen-bond acceptors (Lipinski definition) is 3. The van der Waals surface area contributed by atoms with E-state index in [0.29, 0.717) is 12.5 Å². The minimum Gasteiger partial charge on any atom is -0.472 e. The first-order chi connectivity index (χ1) is 4.33. The highest BCUT2D eigenvalue weighted by molar-refractivity contribution is 4.88. The summed E-state index contributed by atoms with van der Waals surface area (Å²) in [5.74, 6) is 0.650. The van der Waals surface area contributed by atoms with Crippen LogP contribution in [-0.2, 0) is 9.47 Å². The summed E-state index contributed by atoms with van der Waals surface area (Å²) in [5, 5.41) is 2.96. The van der Waals surface area contributed by atoms with Crippen molar-refractivity contribution in [1.29, 1.82) is 0 Å². The number of hydrogen-bond donors (Lipinski definition) is 1. The molecule has 0 spiro atoms. The summed E-state index contributed by atoms with van der Waals surface area (Å²) in [6.45, 7) is 5.04. The normalized spacial score (nSPS) is 25.4. The van der Waals surface area contributed by atoms with Crippen molar-refractivity contribution in [2.24, 2.45) is 0 Å². The van der Waals surface area contributed by atoms with Crippen LogP contribution in [0.4, 0.5) is 0 Å². The van der Waals surface area contributed by atoms with Gasteiger partial charge in [0.25, 0.3) is 0 Å². The van der Waals surface area contributed by atoms with Gasteiger partial charge in [0.15, 0.2) is 5.88 Å². The molecule has 0 aromatic heterocycles. The standard InChI is InChI=1S/C6H11NO2/c1-5-7-3-6(9-5)4-8-2/h6-7H,1,3-4H2,2H3. The molecule has 1 aliphatic rings. The van der Waals surface area contributed by atoms with Crippen molar-refractivity contribution in [3.05, 3.63) is 12.5 Å². The van der Waals surface area contributed by atoms with Crippen molar-refractivity contribution in [1.82, 2.24) is 5.32 Å². The maximum absolute atomic E-state index is 5.17. The number of ether oxygens (including phenoxy) is 2. The Labute approximate surface area is 54.6 Å². The van der Waals surface area contributed by atoms with Crippen molar-refractivity contribution < 1.29 is 9.47 Å². The highest BCUT2D eigenvalue weighted by Crippen LogP contribution is 2.04. The van der Waals surface area contributed by atoms with Gasteiger partial charge in [-0.3, -0.25) is 0 Å². The Morgan fingerprint density at radius 1 is 2.00 bits per heavy atom. The van der Waals surface area contributed by atoms with Gasteiger partial charge in [-0.15, -0.1) is 0 Å². The largest absolute Gasteiger partial charge is 0.472 e. The average Bonchev–Trinajstić information content (AvgIpc) is 2.17. The van der Waals surface area contributed by atoms with Gasteiger partial charge in [0.1, 0.15) is 6.10 Å². The average molecular weight is 129 g/mol. The summed E-state index contributed by atoms with van der Waals surface area (Å²) >= 11 is 0. The smallest absolute Gasteiger partial charge is 0.179 e. The molecule has 3 nitrogen and oxygen atoms in total. The Morgan fingerprint density at radius 3 is 3.22 bits per heavy atom. The molecule has 1 N–H and O–H groups in total. The molecule has 3 heteroatoms. The van der Waals surface area contributed by atoms with Crippen molar-refractivity contribution in [3.8, 4) is 0 Å². The van der Waals surface area contributed by atoms with Crippen LogP contribution in [0, 0.1) is 0 Å².